The molecule has 3 N–H and O–H groups in total. The Hall–Kier alpha value is -1.94. The van der Waals surface area contributed by atoms with Crippen LogP contribution in [0.1, 0.15) is 16.7 Å². The van der Waals surface area contributed by atoms with E-state index in [1.54, 1.807) is 12.4 Å². The van der Waals surface area contributed by atoms with Gasteiger partial charge >= 0.3 is 0 Å². The van der Waals surface area contributed by atoms with Gasteiger partial charge in [0.05, 0.1) is 11.9 Å². The van der Waals surface area contributed by atoms with Crippen molar-refractivity contribution in [1.82, 2.24) is 4.98 Å². The second kappa shape index (κ2) is 6.29. The predicted molar refractivity (Wildman–Crippen MR) is 83.5 cm³/mol. The Morgan fingerprint density at radius 3 is 2.84 bits per heavy atom. The zero-order valence-electron chi connectivity index (χ0n) is 10.9. The molecule has 0 saturated carbocycles. The number of pyridine rings is 1. The molecule has 0 aliphatic carbocycles. The number of aromatic nitrogens is 1. The fraction of sp³-hybridized carbons (Fsp3) is 0.200. The molecule has 0 aliphatic heterocycles. The van der Waals surface area contributed by atoms with Crippen LogP contribution < -0.4 is 11.1 Å². The van der Waals surface area contributed by atoms with E-state index in [-0.39, 0.29) is 0 Å². The molecule has 19 heavy (non-hydrogen) atoms. The molecule has 0 atom stereocenters. The van der Waals surface area contributed by atoms with Crippen molar-refractivity contribution in [2.75, 3.05) is 11.9 Å². The molecule has 2 aromatic rings. The first kappa shape index (κ1) is 13.5. The molecule has 3 nitrogen and oxygen atoms in total. The highest BCUT2D eigenvalue weighted by atomic mass is 32.1. The molecule has 98 valence electrons. The number of anilines is 1. The van der Waals surface area contributed by atoms with Gasteiger partial charge in [-0.25, -0.2) is 0 Å². The minimum Gasteiger partial charge on any atom is -0.389 e. The maximum atomic E-state index is 5.69. The van der Waals surface area contributed by atoms with E-state index in [4.69, 9.17) is 18.0 Å². The highest BCUT2D eigenvalue weighted by Gasteiger charge is 2.04. The van der Waals surface area contributed by atoms with Crippen LogP contribution in [0.2, 0.25) is 0 Å². The van der Waals surface area contributed by atoms with Crippen LogP contribution in [0.15, 0.2) is 42.7 Å². The summed E-state index contributed by atoms with van der Waals surface area (Å²) in [5.74, 6) is 0. The maximum absolute atomic E-state index is 5.69. The second-order valence-electron chi connectivity index (χ2n) is 4.39. The Labute approximate surface area is 118 Å². The van der Waals surface area contributed by atoms with E-state index in [1.165, 1.54) is 11.1 Å². The van der Waals surface area contributed by atoms with E-state index in [1.807, 2.05) is 6.07 Å². The smallest absolute Gasteiger partial charge is 0.106 e. The Morgan fingerprint density at radius 1 is 1.32 bits per heavy atom. The summed E-state index contributed by atoms with van der Waals surface area (Å²) in [4.78, 5) is 4.48. The summed E-state index contributed by atoms with van der Waals surface area (Å²) < 4.78 is 0. The van der Waals surface area contributed by atoms with Crippen LogP contribution in [0, 0.1) is 6.92 Å². The van der Waals surface area contributed by atoms with E-state index in [0.717, 1.165) is 24.2 Å². The topological polar surface area (TPSA) is 50.9 Å². The molecule has 1 aromatic carbocycles. The predicted octanol–water partition coefficient (Wildman–Crippen LogP) is 2.68. The van der Waals surface area contributed by atoms with Gasteiger partial charge in [0.25, 0.3) is 0 Å². The van der Waals surface area contributed by atoms with Crippen molar-refractivity contribution in [3.63, 3.8) is 0 Å². The van der Waals surface area contributed by atoms with E-state index >= 15 is 0 Å². The number of thiocarbonyl (C=S) groups is 1. The van der Waals surface area contributed by atoms with Gasteiger partial charge < -0.3 is 11.1 Å². The van der Waals surface area contributed by atoms with Crippen molar-refractivity contribution in [2.45, 2.75) is 13.3 Å². The molecule has 0 aliphatic rings. The Bertz CT molecular complexity index is 581. The van der Waals surface area contributed by atoms with Gasteiger partial charge in [-0.1, -0.05) is 36.5 Å². The summed E-state index contributed by atoms with van der Waals surface area (Å²) in [5.41, 5.74) is 10.1. The normalized spacial score (nSPS) is 10.2. The van der Waals surface area contributed by atoms with Crippen LogP contribution in [-0.4, -0.2) is 16.5 Å². The lowest BCUT2D eigenvalue weighted by atomic mass is 10.1. The van der Waals surface area contributed by atoms with Crippen molar-refractivity contribution in [3.05, 3.63) is 59.4 Å². The fourth-order valence-corrected chi connectivity index (χ4v) is 2.15. The van der Waals surface area contributed by atoms with Gasteiger partial charge in [0, 0.05) is 18.3 Å². The van der Waals surface area contributed by atoms with E-state index in [0.29, 0.717) is 4.99 Å². The van der Waals surface area contributed by atoms with Gasteiger partial charge in [-0.15, -0.1) is 0 Å². The summed E-state index contributed by atoms with van der Waals surface area (Å²) >= 11 is 5.02. The number of hydrogen-bond donors (Lipinski definition) is 2. The van der Waals surface area contributed by atoms with Crippen LogP contribution in [0.4, 0.5) is 5.69 Å². The van der Waals surface area contributed by atoms with Crippen molar-refractivity contribution in [1.29, 1.82) is 0 Å². The zero-order chi connectivity index (χ0) is 13.7. The third-order valence-corrected chi connectivity index (χ3v) is 3.28. The number of aryl methyl sites for hydroxylation is 1. The molecule has 0 radical (unpaired) electrons. The average molecular weight is 271 g/mol. The third-order valence-electron chi connectivity index (χ3n) is 3.06. The lowest BCUT2D eigenvalue weighted by Gasteiger charge is -2.11. The molecule has 0 fully saturated rings. The quantitative estimate of drug-likeness (QED) is 0.821. The zero-order valence-corrected chi connectivity index (χ0v) is 11.7. The second-order valence-corrected chi connectivity index (χ2v) is 4.83. The van der Waals surface area contributed by atoms with Gasteiger partial charge in [0.2, 0.25) is 0 Å². The van der Waals surface area contributed by atoms with Crippen molar-refractivity contribution in [3.8, 4) is 0 Å². The molecule has 0 bridgehead atoms. The third kappa shape index (κ3) is 3.51. The molecule has 0 saturated heterocycles. The Kier molecular flexibility index (Phi) is 4.47. The van der Waals surface area contributed by atoms with E-state index < -0.39 is 0 Å². The number of rotatable bonds is 5. The highest BCUT2D eigenvalue weighted by molar-refractivity contribution is 7.80. The molecule has 1 aromatic heterocycles. The lowest BCUT2D eigenvalue weighted by Crippen LogP contribution is -2.15. The minimum absolute atomic E-state index is 0.390. The summed E-state index contributed by atoms with van der Waals surface area (Å²) in [7, 11) is 0. The summed E-state index contributed by atoms with van der Waals surface area (Å²) in [6.07, 6.45) is 4.41. The first-order chi connectivity index (χ1) is 9.18. The number of hydrogen-bond acceptors (Lipinski definition) is 3. The minimum atomic E-state index is 0.390. The molecule has 4 heteroatoms. The summed E-state index contributed by atoms with van der Waals surface area (Å²) in [6, 6.07) is 10.2. The van der Waals surface area contributed by atoms with Crippen molar-refractivity contribution in [2.24, 2.45) is 5.73 Å². The first-order valence-corrected chi connectivity index (χ1v) is 6.61. The molecular formula is C15H17N3S. The standard InChI is InChI=1S/C15H17N3S/c1-11-4-2-3-5-12(11)6-9-18-14-10-17-8-7-13(14)15(16)19/h2-5,7-8,10,18H,6,9H2,1H3,(H2,16,19). The molecule has 2 rings (SSSR count). The lowest BCUT2D eigenvalue weighted by molar-refractivity contribution is 1.00. The SMILES string of the molecule is Cc1ccccc1CCNc1cnccc1C(N)=S. The number of benzene rings is 1. The fourth-order valence-electron chi connectivity index (χ4n) is 1.97. The average Bonchev–Trinajstić information content (AvgIpc) is 2.41. The molecule has 0 unspecified atom stereocenters. The van der Waals surface area contributed by atoms with Crippen LogP contribution in [0.5, 0.6) is 0 Å². The van der Waals surface area contributed by atoms with E-state index in [9.17, 15) is 0 Å². The largest absolute Gasteiger partial charge is 0.389 e. The van der Waals surface area contributed by atoms with Crippen LogP contribution >= 0.6 is 12.2 Å². The Morgan fingerprint density at radius 2 is 2.11 bits per heavy atom. The molecular weight excluding hydrogens is 254 g/mol. The number of nitrogens with zero attached hydrogens (tertiary/aromatic N) is 1. The summed E-state index contributed by atoms with van der Waals surface area (Å²) in [5, 5.41) is 3.34. The van der Waals surface area contributed by atoms with Crippen LogP contribution in [-0.2, 0) is 6.42 Å². The van der Waals surface area contributed by atoms with Crippen molar-refractivity contribution >= 4 is 22.9 Å². The van der Waals surface area contributed by atoms with Gasteiger partial charge in [-0.05, 0) is 30.5 Å². The summed E-state index contributed by atoms with van der Waals surface area (Å²) in [6.45, 7) is 2.95. The van der Waals surface area contributed by atoms with E-state index in [2.05, 4.69) is 41.5 Å². The molecule has 0 spiro atoms. The van der Waals surface area contributed by atoms with Crippen LogP contribution in [0.3, 0.4) is 0 Å². The molecule has 0 amide bonds. The first-order valence-electron chi connectivity index (χ1n) is 6.20. The number of nitrogens with two attached hydrogens (primary N) is 1. The highest BCUT2D eigenvalue weighted by Crippen LogP contribution is 2.14. The van der Waals surface area contributed by atoms with Gasteiger partial charge in [0.1, 0.15) is 4.99 Å². The van der Waals surface area contributed by atoms with Gasteiger partial charge in [-0.3, -0.25) is 4.98 Å². The van der Waals surface area contributed by atoms with Gasteiger partial charge in [-0.2, -0.15) is 0 Å². The number of nitrogens with one attached hydrogen (secondary N) is 1. The monoisotopic (exact) mass is 271 g/mol. The maximum Gasteiger partial charge on any atom is 0.106 e. The molecule has 1 heterocycles. The van der Waals surface area contributed by atoms with Crippen molar-refractivity contribution < 1.29 is 0 Å². The van der Waals surface area contributed by atoms with Gasteiger partial charge in [0.15, 0.2) is 0 Å². The Balaban J connectivity index is 2.00. The van der Waals surface area contributed by atoms with Crippen LogP contribution in [0.25, 0.3) is 0 Å².